The number of carbonyl (C=O) groups excluding carboxylic acids is 1. The number of halogens is 1. The van der Waals surface area contributed by atoms with Gasteiger partial charge in [-0.05, 0) is 61.9 Å². The number of amides is 1. The number of carboxylic acid groups (broad SMARTS) is 1. The predicted octanol–water partition coefficient (Wildman–Crippen LogP) is 5.30. The Morgan fingerprint density at radius 2 is 1.75 bits per heavy atom. The van der Waals surface area contributed by atoms with Gasteiger partial charge in [0.1, 0.15) is 6.07 Å². The molecule has 0 aliphatic carbocycles. The molecule has 5 rings (SSSR count). The van der Waals surface area contributed by atoms with Crippen molar-refractivity contribution in [2.45, 2.75) is 19.9 Å². The van der Waals surface area contributed by atoms with Crippen molar-refractivity contribution in [3.05, 3.63) is 93.6 Å². The molecular formula is C30H27ClN6O3. The molecule has 1 aromatic heterocycles. The quantitative estimate of drug-likeness (QED) is 0.329. The number of carbonyl (C=O) groups is 2. The van der Waals surface area contributed by atoms with Crippen LogP contribution in [-0.2, 0) is 0 Å². The molecular weight excluding hydrogens is 528 g/mol. The fourth-order valence-electron chi connectivity index (χ4n) is 4.95. The number of benzene rings is 3. The molecule has 3 aromatic carbocycles. The van der Waals surface area contributed by atoms with E-state index in [1.165, 1.54) is 0 Å². The third-order valence-electron chi connectivity index (χ3n) is 6.98. The fraction of sp³-hybridized carbons (Fsp3) is 0.233. The van der Waals surface area contributed by atoms with Crippen molar-refractivity contribution in [3.8, 4) is 6.07 Å². The minimum absolute atomic E-state index is 0.0688. The van der Waals surface area contributed by atoms with Gasteiger partial charge >= 0.3 is 5.97 Å². The zero-order valence-corrected chi connectivity index (χ0v) is 22.8. The Bertz CT molecular complexity index is 1640. The van der Waals surface area contributed by atoms with Gasteiger partial charge in [-0.15, -0.1) is 0 Å². The highest BCUT2D eigenvalue weighted by Crippen LogP contribution is 2.31. The van der Waals surface area contributed by atoms with Crippen molar-refractivity contribution in [2.75, 3.05) is 36.4 Å². The molecule has 0 bridgehead atoms. The molecule has 1 atom stereocenters. The van der Waals surface area contributed by atoms with Crippen LogP contribution in [0.25, 0.3) is 11.0 Å². The lowest BCUT2D eigenvalue weighted by Gasteiger charge is -2.35. The number of aromatic carboxylic acids is 1. The first kappa shape index (κ1) is 26.9. The average molecular weight is 555 g/mol. The molecule has 1 amide bonds. The van der Waals surface area contributed by atoms with Gasteiger partial charge in [0.05, 0.1) is 22.6 Å². The molecule has 4 aromatic rings. The van der Waals surface area contributed by atoms with Crippen LogP contribution in [0, 0.1) is 18.3 Å². The van der Waals surface area contributed by atoms with Crippen LogP contribution in [-0.4, -0.2) is 58.0 Å². The van der Waals surface area contributed by atoms with Crippen LogP contribution in [0.2, 0.25) is 5.02 Å². The smallest absolute Gasteiger partial charge is 0.337 e. The van der Waals surface area contributed by atoms with Crippen LogP contribution >= 0.6 is 11.6 Å². The van der Waals surface area contributed by atoms with E-state index in [0.717, 1.165) is 11.1 Å². The van der Waals surface area contributed by atoms with E-state index in [9.17, 15) is 20.0 Å². The van der Waals surface area contributed by atoms with Gasteiger partial charge in [-0.2, -0.15) is 5.26 Å². The number of hydrogen-bond acceptors (Lipinski definition) is 7. The van der Waals surface area contributed by atoms with E-state index in [2.05, 4.69) is 16.4 Å². The SMILES string of the molecule is Cc1cc([C@@H](C)Nc2ccccc2C(=O)O)c2nc(N3CCN(C(=O)c4ccc(Cl)cc4)CC3)c(C#N)nc2c1. The number of rotatable bonds is 6. The number of aryl methyl sites for hydroxylation is 1. The number of para-hydroxylation sites is 1. The number of nitriles is 1. The molecule has 10 heteroatoms. The van der Waals surface area contributed by atoms with Crippen molar-refractivity contribution >= 4 is 46.0 Å². The van der Waals surface area contributed by atoms with E-state index < -0.39 is 5.97 Å². The van der Waals surface area contributed by atoms with Gasteiger partial charge in [-0.1, -0.05) is 29.8 Å². The van der Waals surface area contributed by atoms with Gasteiger partial charge in [0.15, 0.2) is 11.5 Å². The number of piperazine rings is 1. The number of anilines is 2. The number of fused-ring (bicyclic) bond motifs is 1. The summed E-state index contributed by atoms with van der Waals surface area (Å²) in [4.78, 5) is 38.0. The highest BCUT2D eigenvalue weighted by atomic mass is 35.5. The monoisotopic (exact) mass is 554 g/mol. The van der Waals surface area contributed by atoms with Crippen molar-refractivity contribution < 1.29 is 14.7 Å². The van der Waals surface area contributed by atoms with E-state index in [-0.39, 0.29) is 23.2 Å². The molecule has 1 saturated heterocycles. The van der Waals surface area contributed by atoms with Crippen LogP contribution in [0.4, 0.5) is 11.5 Å². The molecule has 202 valence electrons. The highest BCUT2D eigenvalue weighted by molar-refractivity contribution is 6.30. The molecule has 9 nitrogen and oxygen atoms in total. The number of aromatic nitrogens is 2. The normalized spacial score (nSPS) is 14.1. The van der Waals surface area contributed by atoms with Gasteiger partial charge < -0.3 is 20.2 Å². The standard InChI is InChI=1S/C30H27ClN6O3/c1-18-15-23(19(2)33-24-6-4-3-5-22(24)30(39)40)27-25(16-18)34-26(17-32)28(35-27)36-11-13-37(14-12-36)29(38)20-7-9-21(31)10-8-20/h3-10,15-16,19,33H,11-14H2,1-2H3,(H,39,40)/t19-/m1/s1. The molecule has 1 aliphatic rings. The van der Waals surface area contributed by atoms with Crippen molar-refractivity contribution in [2.24, 2.45) is 0 Å². The number of nitrogens with one attached hydrogen (secondary N) is 1. The molecule has 0 saturated carbocycles. The second kappa shape index (κ2) is 11.2. The third-order valence-corrected chi connectivity index (χ3v) is 7.24. The van der Waals surface area contributed by atoms with Crippen LogP contribution < -0.4 is 10.2 Å². The van der Waals surface area contributed by atoms with E-state index in [1.54, 1.807) is 53.4 Å². The Kier molecular flexibility index (Phi) is 7.54. The zero-order chi connectivity index (χ0) is 28.4. The summed E-state index contributed by atoms with van der Waals surface area (Å²) in [6, 6.07) is 19.4. The van der Waals surface area contributed by atoms with Crippen molar-refractivity contribution in [1.82, 2.24) is 14.9 Å². The van der Waals surface area contributed by atoms with Crippen molar-refractivity contribution in [1.29, 1.82) is 5.26 Å². The summed E-state index contributed by atoms with van der Waals surface area (Å²) >= 11 is 5.96. The molecule has 0 radical (unpaired) electrons. The summed E-state index contributed by atoms with van der Waals surface area (Å²) in [6.07, 6.45) is 0. The maximum atomic E-state index is 13.0. The maximum Gasteiger partial charge on any atom is 0.337 e. The molecule has 2 heterocycles. The molecule has 0 unspecified atom stereocenters. The van der Waals surface area contributed by atoms with Crippen LogP contribution in [0.1, 0.15) is 50.5 Å². The Hall–Kier alpha value is -4.68. The minimum atomic E-state index is -1.01. The summed E-state index contributed by atoms with van der Waals surface area (Å²) in [5.41, 5.74) is 4.48. The first-order valence-corrected chi connectivity index (χ1v) is 13.2. The topological polar surface area (TPSA) is 122 Å². The van der Waals surface area contributed by atoms with E-state index in [4.69, 9.17) is 16.6 Å². The Labute approximate surface area is 236 Å². The summed E-state index contributed by atoms with van der Waals surface area (Å²) in [6.45, 7) is 5.81. The van der Waals surface area contributed by atoms with Gasteiger partial charge in [0, 0.05) is 48.0 Å². The highest BCUT2D eigenvalue weighted by Gasteiger charge is 2.26. The molecule has 1 aliphatic heterocycles. The first-order chi connectivity index (χ1) is 19.2. The van der Waals surface area contributed by atoms with E-state index >= 15 is 0 Å². The van der Waals surface area contributed by atoms with Gasteiger partial charge in [-0.25, -0.2) is 14.8 Å². The fourth-order valence-corrected chi connectivity index (χ4v) is 5.08. The minimum Gasteiger partial charge on any atom is -0.478 e. The van der Waals surface area contributed by atoms with Gasteiger partial charge in [-0.3, -0.25) is 4.79 Å². The maximum absolute atomic E-state index is 13.0. The Morgan fingerprint density at radius 1 is 1.05 bits per heavy atom. The molecule has 1 fully saturated rings. The van der Waals surface area contributed by atoms with E-state index in [0.29, 0.717) is 59.3 Å². The zero-order valence-electron chi connectivity index (χ0n) is 22.1. The summed E-state index contributed by atoms with van der Waals surface area (Å²) in [5.74, 6) is -0.614. The second-order valence-corrected chi connectivity index (χ2v) is 10.2. The van der Waals surface area contributed by atoms with E-state index in [1.807, 2.05) is 30.9 Å². The largest absolute Gasteiger partial charge is 0.478 e. The van der Waals surface area contributed by atoms with Gasteiger partial charge in [0.2, 0.25) is 0 Å². The molecule has 0 spiro atoms. The number of carboxylic acids is 1. The summed E-state index contributed by atoms with van der Waals surface area (Å²) in [5, 5.41) is 23.4. The lowest BCUT2D eigenvalue weighted by atomic mass is 10.0. The second-order valence-electron chi connectivity index (χ2n) is 9.73. The Balaban J connectivity index is 1.44. The number of nitrogens with zero attached hydrogens (tertiary/aromatic N) is 5. The first-order valence-electron chi connectivity index (χ1n) is 12.9. The van der Waals surface area contributed by atoms with Crippen LogP contribution in [0.5, 0.6) is 0 Å². The molecule has 40 heavy (non-hydrogen) atoms. The summed E-state index contributed by atoms with van der Waals surface area (Å²) < 4.78 is 0. The predicted molar refractivity (Wildman–Crippen MR) is 154 cm³/mol. The number of hydrogen-bond donors (Lipinski definition) is 2. The van der Waals surface area contributed by atoms with Crippen LogP contribution in [0.15, 0.2) is 60.7 Å². The van der Waals surface area contributed by atoms with Crippen molar-refractivity contribution in [3.63, 3.8) is 0 Å². The lowest BCUT2D eigenvalue weighted by Crippen LogP contribution is -2.49. The third kappa shape index (κ3) is 5.40. The molecule has 2 N–H and O–H groups in total. The average Bonchev–Trinajstić information content (AvgIpc) is 2.96. The Morgan fingerprint density at radius 3 is 2.42 bits per heavy atom. The summed E-state index contributed by atoms with van der Waals surface area (Å²) in [7, 11) is 0. The lowest BCUT2D eigenvalue weighted by molar-refractivity contribution is 0.0696. The van der Waals surface area contributed by atoms with Crippen LogP contribution in [0.3, 0.4) is 0 Å². The van der Waals surface area contributed by atoms with Gasteiger partial charge in [0.25, 0.3) is 5.91 Å².